The second-order valence-corrected chi connectivity index (χ2v) is 7.68. The Labute approximate surface area is 166 Å². The number of imide groups is 1. The van der Waals surface area contributed by atoms with Gasteiger partial charge in [0.2, 0.25) is 5.91 Å². The molecule has 2 fully saturated rings. The van der Waals surface area contributed by atoms with E-state index in [2.05, 4.69) is 16.3 Å². The normalized spacial score (nSPS) is 18.5. The summed E-state index contributed by atoms with van der Waals surface area (Å²) in [6.07, 6.45) is 3.40. The molecule has 0 radical (unpaired) electrons. The lowest BCUT2D eigenvalue weighted by Crippen LogP contribution is -2.46. The number of nitrogens with one attached hydrogen (secondary N) is 1. The van der Waals surface area contributed by atoms with E-state index in [-0.39, 0.29) is 18.4 Å². The molecule has 0 bridgehead atoms. The van der Waals surface area contributed by atoms with Crippen molar-refractivity contribution in [3.8, 4) is 0 Å². The van der Waals surface area contributed by atoms with E-state index < -0.39 is 11.6 Å². The Hall–Kier alpha value is -2.57. The molecule has 7 heteroatoms. The number of rotatable bonds is 7. The maximum Gasteiger partial charge on any atom is 0.325 e. The zero-order chi connectivity index (χ0) is 20.3. The maximum absolute atomic E-state index is 12.8. The van der Waals surface area contributed by atoms with E-state index in [4.69, 9.17) is 0 Å². The van der Waals surface area contributed by atoms with Crippen LogP contribution in [0.1, 0.15) is 45.1 Å². The van der Waals surface area contributed by atoms with Gasteiger partial charge in [-0.3, -0.25) is 14.5 Å². The van der Waals surface area contributed by atoms with E-state index in [1.165, 1.54) is 12.8 Å². The van der Waals surface area contributed by atoms with Gasteiger partial charge in [-0.25, -0.2) is 4.79 Å². The van der Waals surface area contributed by atoms with Crippen molar-refractivity contribution in [2.24, 2.45) is 0 Å². The molecule has 0 atom stereocenters. The fraction of sp³-hybridized carbons (Fsp3) is 0.571. The quantitative estimate of drug-likeness (QED) is 0.730. The first-order valence-corrected chi connectivity index (χ1v) is 10.1. The Morgan fingerprint density at radius 1 is 1.14 bits per heavy atom. The Kier molecular flexibility index (Phi) is 5.91. The van der Waals surface area contributed by atoms with Crippen molar-refractivity contribution in [3.63, 3.8) is 0 Å². The minimum atomic E-state index is -0.877. The van der Waals surface area contributed by atoms with Crippen molar-refractivity contribution in [2.45, 2.75) is 51.6 Å². The second-order valence-electron chi connectivity index (χ2n) is 7.68. The van der Waals surface area contributed by atoms with Crippen LogP contribution in [0.15, 0.2) is 24.3 Å². The third-order valence-corrected chi connectivity index (χ3v) is 6.02. The Morgan fingerprint density at radius 3 is 2.39 bits per heavy atom. The van der Waals surface area contributed by atoms with Crippen LogP contribution in [0, 0.1) is 0 Å². The van der Waals surface area contributed by atoms with Crippen LogP contribution in [0.2, 0.25) is 0 Å². The molecule has 152 valence electrons. The summed E-state index contributed by atoms with van der Waals surface area (Å²) in [5.74, 6) is -0.551. The van der Waals surface area contributed by atoms with E-state index in [1.807, 2.05) is 32.0 Å². The topological polar surface area (TPSA) is 73.0 Å². The van der Waals surface area contributed by atoms with Gasteiger partial charge < -0.3 is 15.1 Å². The number of carbonyl (C=O) groups excluding carboxylic acids is 3. The van der Waals surface area contributed by atoms with Crippen LogP contribution in [-0.4, -0.2) is 59.9 Å². The average Bonchev–Trinajstić information content (AvgIpc) is 3.31. The lowest BCUT2D eigenvalue weighted by molar-refractivity contribution is -0.138. The molecule has 0 aromatic heterocycles. The summed E-state index contributed by atoms with van der Waals surface area (Å²) in [7, 11) is 1.72. The minimum absolute atomic E-state index is 0.227. The molecular weight excluding hydrogens is 356 g/mol. The van der Waals surface area contributed by atoms with E-state index in [9.17, 15) is 14.4 Å². The lowest BCUT2D eigenvalue weighted by atomic mass is 9.93. The average molecular weight is 386 g/mol. The van der Waals surface area contributed by atoms with Crippen molar-refractivity contribution in [1.29, 1.82) is 0 Å². The van der Waals surface area contributed by atoms with Gasteiger partial charge in [0.25, 0.3) is 5.91 Å². The van der Waals surface area contributed by atoms with E-state index in [0.717, 1.165) is 29.2 Å². The Morgan fingerprint density at radius 2 is 1.79 bits per heavy atom. The lowest BCUT2D eigenvalue weighted by Gasteiger charge is -2.26. The van der Waals surface area contributed by atoms with Crippen molar-refractivity contribution in [2.75, 3.05) is 31.6 Å². The highest BCUT2D eigenvalue weighted by Gasteiger charge is 2.49. The summed E-state index contributed by atoms with van der Waals surface area (Å²) in [6.45, 7) is 6.03. The number of amides is 4. The standard InChI is InChI=1S/C21H30N4O3/c1-4-21(5-2)19(27)25(20(28)22-21)15-18(26)23(3)14-16-10-6-7-11-17(16)24-12-8-9-13-24/h6-7,10-11H,4-5,8-9,12-15H2,1-3H3,(H,22,28). The zero-order valence-corrected chi connectivity index (χ0v) is 17.0. The minimum Gasteiger partial charge on any atom is -0.371 e. The fourth-order valence-corrected chi connectivity index (χ4v) is 4.06. The zero-order valence-electron chi connectivity index (χ0n) is 17.0. The summed E-state index contributed by atoms with van der Waals surface area (Å²) >= 11 is 0. The second kappa shape index (κ2) is 8.20. The number of hydrogen-bond donors (Lipinski definition) is 1. The number of carbonyl (C=O) groups is 3. The molecule has 1 aromatic rings. The molecule has 4 amide bonds. The number of nitrogens with zero attached hydrogens (tertiary/aromatic N) is 3. The van der Waals surface area contributed by atoms with Gasteiger partial charge in [-0.2, -0.15) is 0 Å². The summed E-state index contributed by atoms with van der Waals surface area (Å²) < 4.78 is 0. The van der Waals surface area contributed by atoms with Crippen LogP contribution in [0.4, 0.5) is 10.5 Å². The largest absolute Gasteiger partial charge is 0.371 e. The van der Waals surface area contributed by atoms with Crippen molar-refractivity contribution >= 4 is 23.5 Å². The summed E-state index contributed by atoms with van der Waals surface area (Å²) in [4.78, 5) is 42.7. The van der Waals surface area contributed by atoms with Gasteiger partial charge in [-0.05, 0) is 37.3 Å². The number of anilines is 1. The van der Waals surface area contributed by atoms with E-state index in [0.29, 0.717) is 19.4 Å². The molecule has 2 aliphatic rings. The van der Waals surface area contributed by atoms with Crippen molar-refractivity contribution < 1.29 is 14.4 Å². The first-order valence-electron chi connectivity index (χ1n) is 10.1. The Bertz CT molecular complexity index is 754. The molecule has 0 spiro atoms. The number of benzene rings is 1. The van der Waals surface area contributed by atoms with Gasteiger partial charge in [-0.1, -0.05) is 32.0 Å². The van der Waals surface area contributed by atoms with Gasteiger partial charge in [0, 0.05) is 32.4 Å². The van der Waals surface area contributed by atoms with Gasteiger partial charge in [-0.15, -0.1) is 0 Å². The first kappa shape index (κ1) is 20.2. The highest BCUT2D eigenvalue weighted by atomic mass is 16.2. The highest BCUT2D eigenvalue weighted by Crippen LogP contribution is 2.27. The molecule has 2 saturated heterocycles. The fourth-order valence-electron chi connectivity index (χ4n) is 4.06. The summed E-state index contributed by atoms with van der Waals surface area (Å²) in [6, 6.07) is 7.63. The number of para-hydroxylation sites is 1. The molecule has 28 heavy (non-hydrogen) atoms. The van der Waals surface area contributed by atoms with Crippen LogP contribution in [0.25, 0.3) is 0 Å². The molecule has 0 aliphatic carbocycles. The first-order chi connectivity index (χ1) is 13.4. The Balaban J connectivity index is 1.68. The number of likely N-dealkylation sites (N-methyl/N-ethyl adjacent to an activating group) is 1. The number of urea groups is 1. The van der Waals surface area contributed by atoms with Crippen LogP contribution in [0.5, 0.6) is 0 Å². The van der Waals surface area contributed by atoms with Gasteiger partial charge >= 0.3 is 6.03 Å². The summed E-state index contributed by atoms with van der Waals surface area (Å²) in [5, 5.41) is 2.77. The molecule has 2 aliphatic heterocycles. The molecule has 0 saturated carbocycles. The van der Waals surface area contributed by atoms with Gasteiger partial charge in [0.15, 0.2) is 0 Å². The molecule has 0 unspecified atom stereocenters. The van der Waals surface area contributed by atoms with Crippen LogP contribution >= 0.6 is 0 Å². The monoisotopic (exact) mass is 386 g/mol. The third-order valence-electron chi connectivity index (χ3n) is 6.02. The SMILES string of the molecule is CCC1(CC)NC(=O)N(CC(=O)N(C)Cc2ccccc2N2CCCC2)C1=O. The molecule has 2 heterocycles. The predicted octanol–water partition coefficient (Wildman–Crippen LogP) is 2.36. The van der Waals surface area contributed by atoms with Crippen LogP contribution in [0.3, 0.4) is 0 Å². The third kappa shape index (κ3) is 3.70. The van der Waals surface area contributed by atoms with Gasteiger partial charge in [0.05, 0.1) is 0 Å². The summed E-state index contributed by atoms with van der Waals surface area (Å²) in [5.41, 5.74) is 1.36. The molecule has 7 nitrogen and oxygen atoms in total. The number of hydrogen-bond acceptors (Lipinski definition) is 4. The van der Waals surface area contributed by atoms with E-state index in [1.54, 1.807) is 11.9 Å². The van der Waals surface area contributed by atoms with Crippen molar-refractivity contribution in [1.82, 2.24) is 15.1 Å². The van der Waals surface area contributed by atoms with Crippen LogP contribution < -0.4 is 10.2 Å². The van der Waals surface area contributed by atoms with Crippen LogP contribution in [-0.2, 0) is 16.1 Å². The molecule has 1 N–H and O–H groups in total. The highest BCUT2D eigenvalue weighted by molar-refractivity contribution is 6.08. The maximum atomic E-state index is 12.8. The van der Waals surface area contributed by atoms with Gasteiger partial charge in [0.1, 0.15) is 12.1 Å². The predicted molar refractivity (Wildman–Crippen MR) is 108 cm³/mol. The molecule has 3 rings (SSSR count). The smallest absolute Gasteiger partial charge is 0.325 e. The molecule has 1 aromatic carbocycles. The van der Waals surface area contributed by atoms with E-state index >= 15 is 0 Å². The molecular formula is C21H30N4O3. The van der Waals surface area contributed by atoms with Crippen molar-refractivity contribution in [3.05, 3.63) is 29.8 Å².